The molecule has 0 saturated carbocycles. The minimum Gasteiger partial charge on any atom is -0.334 e. The molecule has 0 spiro atoms. The highest BCUT2D eigenvalue weighted by molar-refractivity contribution is 7.85. The van der Waals surface area contributed by atoms with Crippen molar-refractivity contribution in [2.75, 3.05) is 0 Å². The Morgan fingerprint density at radius 3 is 1.91 bits per heavy atom. The van der Waals surface area contributed by atoms with Crippen LogP contribution in [-0.4, -0.2) is 28.8 Å². The molecular weight excluding hydrogens is 340 g/mol. The zero-order valence-corrected chi connectivity index (χ0v) is 12.5. The highest BCUT2D eigenvalue weighted by Gasteiger charge is 2.30. The molecule has 0 aliphatic carbocycles. The van der Waals surface area contributed by atoms with Gasteiger partial charge in [0.2, 0.25) is 0 Å². The van der Waals surface area contributed by atoms with E-state index in [0.29, 0.717) is 0 Å². The van der Waals surface area contributed by atoms with Crippen LogP contribution in [0.3, 0.4) is 0 Å². The fourth-order valence-corrected chi connectivity index (χ4v) is 2.20. The largest absolute Gasteiger partial charge is 0.382 e. The maximum Gasteiger partial charge on any atom is 0.382 e. The number of rotatable bonds is 6. The Bertz CT molecular complexity index is 757. The van der Waals surface area contributed by atoms with E-state index in [1.807, 2.05) is 0 Å². The fourth-order valence-electron chi connectivity index (χ4n) is 1.53. The number of hydrogen-bond donors (Lipinski definition) is 2. The molecule has 4 N–H and O–H groups in total. The minimum atomic E-state index is -4.59. The van der Waals surface area contributed by atoms with E-state index in [-0.39, 0.29) is 5.56 Å². The first-order chi connectivity index (χ1) is 9.98. The van der Waals surface area contributed by atoms with Crippen LogP contribution in [0.15, 0.2) is 30.3 Å². The molecule has 1 aromatic carbocycles. The van der Waals surface area contributed by atoms with Crippen LogP contribution in [0.2, 0.25) is 0 Å². The van der Waals surface area contributed by atoms with E-state index in [4.69, 9.17) is 0 Å². The fraction of sp³-hybridized carbons (Fsp3) is 0.200. The Kier molecular flexibility index (Phi) is 5.59. The first-order valence-corrected chi connectivity index (χ1v) is 8.48. The molecule has 10 nitrogen and oxygen atoms in total. The first-order valence-electron chi connectivity index (χ1n) is 5.54. The third-order valence-electron chi connectivity index (χ3n) is 2.26. The Labute approximate surface area is 126 Å². The lowest BCUT2D eigenvalue weighted by molar-refractivity contribution is -0.141. The monoisotopic (exact) mass is 352 g/mol. The molecule has 0 aliphatic heterocycles. The van der Waals surface area contributed by atoms with Crippen LogP contribution in [0.4, 0.5) is 0 Å². The van der Waals surface area contributed by atoms with Gasteiger partial charge in [-0.1, -0.05) is 30.3 Å². The van der Waals surface area contributed by atoms with Crippen LogP contribution in [0.1, 0.15) is 17.9 Å². The standard InChI is InChI=1S/C10H12N2O8S2/c11-21(15,16)19-9(13)6-8(7-4-2-1-3-5-7)10(14)20-22(12,17)18/h1-5,8H,6H2,(H2,11,15,16)(H2,12,17,18). The molecule has 1 rings (SSSR count). The summed E-state index contributed by atoms with van der Waals surface area (Å²) >= 11 is 0. The second kappa shape index (κ2) is 6.83. The second-order valence-electron chi connectivity index (χ2n) is 4.01. The van der Waals surface area contributed by atoms with Crippen LogP contribution < -0.4 is 10.3 Å². The predicted molar refractivity (Wildman–Crippen MR) is 72.2 cm³/mol. The molecule has 0 fully saturated rings. The van der Waals surface area contributed by atoms with Gasteiger partial charge in [0.1, 0.15) is 0 Å². The molecule has 1 aromatic rings. The third kappa shape index (κ3) is 6.62. The first kappa shape index (κ1) is 18.0. The smallest absolute Gasteiger partial charge is 0.334 e. The highest BCUT2D eigenvalue weighted by atomic mass is 32.2. The molecule has 22 heavy (non-hydrogen) atoms. The Balaban J connectivity index is 3.03. The van der Waals surface area contributed by atoms with Crippen LogP contribution in [0.5, 0.6) is 0 Å². The lowest BCUT2D eigenvalue weighted by atomic mass is 9.96. The van der Waals surface area contributed by atoms with Gasteiger partial charge in [-0.05, 0) is 5.56 Å². The number of carbonyl (C=O) groups is 2. The van der Waals surface area contributed by atoms with E-state index < -0.39 is 44.9 Å². The molecule has 0 aromatic heterocycles. The van der Waals surface area contributed by atoms with E-state index in [9.17, 15) is 26.4 Å². The van der Waals surface area contributed by atoms with E-state index in [1.54, 1.807) is 6.07 Å². The van der Waals surface area contributed by atoms with Gasteiger partial charge in [0.25, 0.3) is 0 Å². The SMILES string of the molecule is NS(=O)(=O)OC(=O)CC(C(=O)OS(N)(=O)=O)c1ccccc1. The van der Waals surface area contributed by atoms with Gasteiger partial charge in [0, 0.05) is 0 Å². The molecule has 0 radical (unpaired) electrons. The van der Waals surface area contributed by atoms with Crippen molar-refractivity contribution < 1.29 is 34.8 Å². The van der Waals surface area contributed by atoms with Crippen molar-refractivity contribution in [3.05, 3.63) is 35.9 Å². The predicted octanol–water partition coefficient (Wildman–Crippen LogP) is -1.35. The summed E-state index contributed by atoms with van der Waals surface area (Å²) in [6, 6.07) is 7.43. The summed E-state index contributed by atoms with van der Waals surface area (Å²) in [4.78, 5) is 23.2. The average Bonchev–Trinajstić information content (AvgIpc) is 2.32. The van der Waals surface area contributed by atoms with Crippen LogP contribution in [0.25, 0.3) is 0 Å². The zero-order chi connectivity index (χ0) is 17.0. The number of benzene rings is 1. The normalized spacial score (nSPS) is 13.2. The molecule has 12 heteroatoms. The quantitative estimate of drug-likeness (QED) is 0.632. The van der Waals surface area contributed by atoms with Gasteiger partial charge in [-0.2, -0.15) is 27.1 Å². The van der Waals surface area contributed by atoms with E-state index in [2.05, 4.69) is 18.6 Å². The van der Waals surface area contributed by atoms with Crippen molar-refractivity contribution in [1.29, 1.82) is 0 Å². The van der Waals surface area contributed by atoms with E-state index in [0.717, 1.165) is 0 Å². The Hall–Kier alpha value is -2.02. The summed E-state index contributed by atoms with van der Waals surface area (Å²) in [6.07, 6.45) is -0.811. The summed E-state index contributed by atoms with van der Waals surface area (Å²) in [6.45, 7) is 0. The Morgan fingerprint density at radius 1 is 0.955 bits per heavy atom. The molecule has 0 bridgehead atoms. The maximum atomic E-state index is 11.8. The van der Waals surface area contributed by atoms with Gasteiger partial charge in [0.05, 0.1) is 12.3 Å². The molecule has 0 heterocycles. The van der Waals surface area contributed by atoms with E-state index in [1.165, 1.54) is 24.3 Å². The van der Waals surface area contributed by atoms with Crippen LogP contribution in [-0.2, 0) is 38.6 Å². The molecule has 0 saturated heterocycles. The van der Waals surface area contributed by atoms with Gasteiger partial charge >= 0.3 is 32.5 Å². The summed E-state index contributed by atoms with van der Waals surface area (Å²) in [7, 11) is -9.15. The van der Waals surface area contributed by atoms with Gasteiger partial charge in [-0.15, -0.1) is 0 Å². The van der Waals surface area contributed by atoms with Gasteiger partial charge in [-0.25, -0.2) is 0 Å². The topological polar surface area (TPSA) is 173 Å². The number of hydrogen-bond acceptors (Lipinski definition) is 8. The van der Waals surface area contributed by atoms with Crippen molar-refractivity contribution in [3.8, 4) is 0 Å². The van der Waals surface area contributed by atoms with Crippen molar-refractivity contribution in [2.45, 2.75) is 12.3 Å². The zero-order valence-electron chi connectivity index (χ0n) is 10.9. The minimum absolute atomic E-state index is 0.197. The lowest BCUT2D eigenvalue weighted by Crippen LogP contribution is -2.28. The summed E-state index contributed by atoms with van der Waals surface area (Å²) in [5.41, 5.74) is 0.197. The van der Waals surface area contributed by atoms with Crippen LogP contribution >= 0.6 is 0 Å². The third-order valence-corrected chi connectivity index (χ3v) is 3.08. The molecule has 0 aliphatic rings. The molecule has 122 valence electrons. The van der Waals surface area contributed by atoms with Crippen molar-refractivity contribution in [2.24, 2.45) is 10.3 Å². The summed E-state index contributed by atoms with van der Waals surface area (Å²) in [5.74, 6) is -4.16. The summed E-state index contributed by atoms with van der Waals surface area (Å²) < 4.78 is 50.8. The Morgan fingerprint density at radius 2 is 1.45 bits per heavy atom. The second-order valence-corrected chi connectivity index (χ2v) is 6.32. The van der Waals surface area contributed by atoms with E-state index >= 15 is 0 Å². The maximum absolute atomic E-state index is 11.8. The van der Waals surface area contributed by atoms with Gasteiger partial charge in [-0.3, -0.25) is 9.59 Å². The van der Waals surface area contributed by atoms with Crippen LogP contribution in [0, 0.1) is 0 Å². The molecule has 0 amide bonds. The lowest BCUT2D eigenvalue weighted by Gasteiger charge is -2.14. The highest BCUT2D eigenvalue weighted by Crippen LogP contribution is 2.22. The summed E-state index contributed by atoms with van der Waals surface area (Å²) in [5, 5.41) is 9.11. The number of carbonyl (C=O) groups excluding carboxylic acids is 2. The molecular formula is C10H12N2O8S2. The van der Waals surface area contributed by atoms with Gasteiger partial charge in [0.15, 0.2) is 0 Å². The van der Waals surface area contributed by atoms with Crippen molar-refractivity contribution in [1.82, 2.24) is 0 Å². The van der Waals surface area contributed by atoms with Crippen molar-refractivity contribution in [3.63, 3.8) is 0 Å². The van der Waals surface area contributed by atoms with Crippen molar-refractivity contribution >= 4 is 32.5 Å². The average molecular weight is 352 g/mol. The number of nitrogens with two attached hydrogens (primary N) is 2. The molecule has 1 atom stereocenters. The van der Waals surface area contributed by atoms with Gasteiger partial charge < -0.3 is 8.37 Å². The molecule has 1 unspecified atom stereocenters.